The Morgan fingerprint density at radius 1 is 1.03 bits per heavy atom. The highest BCUT2D eigenvalue weighted by molar-refractivity contribution is 5.92. The third-order valence-corrected chi connectivity index (χ3v) is 5.56. The van der Waals surface area contributed by atoms with Crippen LogP contribution >= 0.6 is 0 Å². The number of hydrogen-bond donors (Lipinski definition) is 2. The molecule has 1 aliphatic rings. The smallest absolute Gasteiger partial charge is 0.269 e. The van der Waals surface area contributed by atoms with Gasteiger partial charge in [-0.3, -0.25) is 14.6 Å². The molecule has 1 fully saturated rings. The Hall–Kier alpha value is -3.03. The van der Waals surface area contributed by atoms with Crippen molar-refractivity contribution in [3.8, 4) is 0 Å². The first-order chi connectivity index (χ1) is 14.8. The highest BCUT2D eigenvalue weighted by atomic mass is 16.2. The number of anilines is 2. The van der Waals surface area contributed by atoms with E-state index in [1.807, 2.05) is 19.9 Å². The summed E-state index contributed by atoms with van der Waals surface area (Å²) in [5.74, 6) is 1.22. The molecule has 2 N–H and O–H groups in total. The number of nitrogens with one attached hydrogen (secondary N) is 2. The summed E-state index contributed by atoms with van der Waals surface area (Å²) in [6.45, 7) is 10.2. The number of carbonyl (C=O) groups excluding carboxylic acids is 2. The average molecular weight is 425 g/mol. The molecule has 3 heterocycles. The van der Waals surface area contributed by atoms with Gasteiger partial charge in [-0.2, -0.15) is 0 Å². The quantitative estimate of drug-likeness (QED) is 0.708. The third-order valence-electron chi connectivity index (χ3n) is 5.56. The van der Waals surface area contributed by atoms with Gasteiger partial charge >= 0.3 is 0 Å². The van der Waals surface area contributed by atoms with Gasteiger partial charge in [-0.25, -0.2) is 9.97 Å². The second-order valence-electron chi connectivity index (χ2n) is 8.69. The van der Waals surface area contributed by atoms with Crippen LogP contribution in [0.25, 0.3) is 0 Å². The Labute approximate surface area is 183 Å². The van der Waals surface area contributed by atoms with Crippen molar-refractivity contribution in [2.75, 3.05) is 29.9 Å². The average Bonchev–Trinajstić information content (AvgIpc) is 2.78. The third kappa shape index (κ3) is 6.23. The zero-order valence-corrected chi connectivity index (χ0v) is 18.8. The summed E-state index contributed by atoms with van der Waals surface area (Å²) in [5.41, 5.74) is 2.19. The lowest BCUT2D eigenvalue weighted by molar-refractivity contribution is -0.118. The molecule has 2 amide bonds. The van der Waals surface area contributed by atoms with Crippen LogP contribution in [0.1, 0.15) is 62.5 Å². The zero-order valence-electron chi connectivity index (χ0n) is 18.8. The fourth-order valence-electron chi connectivity index (χ4n) is 3.38. The topological polar surface area (TPSA) is 100 Å². The maximum absolute atomic E-state index is 12.4. The maximum atomic E-state index is 12.4. The molecule has 31 heavy (non-hydrogen) atoms. The molecular formula is C23H32N6O2. The van der Waals surface area contributed by atoms with Gasteiger partial charge in [0.25, 0.3) is 5.91 Å². The van der Waals surface area contributed by atoms with Crippen LogP contribution in [0.2, 0.25) is 0 Å². The molecule has 1 saturated heterocycles. The molecule has 0 saturated carbocycles. The molecule has 0 unspecified atom stereocenters. The lowest BCUT2D eigenvalue weighted by Crippen LogP contribution is -2.39. The van der Waals surface area contributed by atoms with Crippen LogP contribution in [-0.2, 0) is 4.79 Å². The number of nitrogens with zero attached hydrogens (tertiary/aromatic N) is 4. The summed E-state index contributed by atoms with van der Waals surface area (Å²) in [6.07, 6.45) is 6.97. The molecule has 2 aromatic heterocycles. The minimum Gasteiger partial charge on any atom is -0.350 e. The van der Waals surface area contributed by atoms with E-state index < -0.39 is 0 Å². The number of piperidine rings is 1. The van der Waals surface area contributed by atoms with Crippen molar-refractivity contribution in [3.05, 3.63) is 42.0 Å². The zero-order chi connectivity index (χ0) is 22.4. The van der Waals surface area contributed by atoms with Crippen molar-refractivity contribution in [1.82, 2.24) is 20.3 Å². The Kier molecular flexibility index (Phi) is 7.55. The fourth-order valence-corrected chi connectivity index (χ4v) is 3.38. The molecule has 1 aliphatic heterocycles. The largest absolute Gasteiger partial charge is 0.350 e. The maximum Gasteiger partial charge on any atom is 0.269 e. The molecule has 0 bridgehead atoms. The van der Waals surface area contributed by atoms with Gasteiger partial charge in [0.15, 0.2) is 0 Å². The molecule has 0 radical (unpaired) electrons. The highest BCUT2D eigenvalue weighted by Crippen LogP contribution is 2.21. The number of aromatic nitrogens is 3. The fraction of sp³-hybridized carbons (Fsp3) is 0.522. The minimum atomic E-state index is -0.125. The summed E-state index contributed by atoms with van der Waals surface area (Å²) >= 11 is 0. The minimum absolute atomic E-state index is 0.0507. The van der Waals surface area contributed by atoms with Gasteiger partial charge < -0.3 is 15.5 Å². The lowest BCUT2D eigenvalue weighted by atomic mass is 9.97. The Morgan fingerprint density at radius 3 is 2.26 bits per heavy atom. The molecule has 0 aliphatic carbocycles. The van der Waals surface area contributed by atoms with Crippen molar-refractivity contribution in [2.24, 2.45) is 11.8 Å². The summed E-state index contributed by atoms with van der Waals surface area (Å²) in [7, 11) is 0. The molecule has 0 atom stereocenters. The molecular weight excluding hydrogens is 392 g/mol. The number of hydrogen-bond acceptors (Lipinski definition) is 6. The molecule has 2 aromatic rings. The Morgan fingerprint density at radius 2 is 1.71 bits per heavy atom. The normalized spacial score (nSPS) is 14.7. The van der Waals surface area contributed by atoms with Crippen molar-refractivity contribution < 1.29 is 9.59 Å². The molecule has 8 nitrogen and oxygen atoms in total. The van der Waals surface area contributed by atoms with Crippen molar-refractivity contribution in [1.29, 1.82) is 0 Å². The molecule has 3 rings (SSSR count). The van der Waals surface area contributed by atoms with Crippen molar-refractivity contribution >= 4 is 23.5 Å². The predicted octanol–water partition coefficient (Wildman–Crippen LogP) is 3.24. The Bertz CT molecular complexity index is 872. The predicted molar refractivity (Wildman–Crippen MR) is 121 cm³/mol. The van der Waals surface area contributed by atoms with Crippen LogP contribution in [0.4, 0.5) is 11.6 Å². The van der Waals surface area contributed by atoms with E-state index in [-0.39, 0.29) is 17.7 Å². The van der Waals surface area contributed by atoms with E-state index in [4.69, 9.17) is 0 Å². The molecule has 0 aromatic carbocycles. The number of rotatable bonds is 7. The summed E-state index contributed by atoms with van der Waals surface area (Å²) in [6, 6.07) is 3.75. The van der Waals surface area contributed by atoms with Gasteiger partial charge in [0.1, 0.15) is 5.69 Å². The van der Waals surface area contributed by atoms with Gasteiger partial charge in [-0.1, -0.05) is 33.8 Å². The molecule has 166 valence electrons. The van der Waals surface area contributed by atoms with E-state index in [0.717, 1.165) is 31.5 Å². The highest BCUT2D eigenvalue weighted by Gasteiger charge is 2.22. The van der Waals surface area contributed by atoms with Crippen molar-refractivity contribution in [2.45, 2.75) is 46.5 Å². The SMILES string of the molecule is CC(C)C(=O)Nc1cnc(N2CCC(CNC(=O)c3ccc(C(C)C)cn3)CC2)nc1. The first-order valence-electron chi connectivity index (χ1n) is 11.0. The van der Waals surface area contributed by atoms with Gasteiger partial charge in [0.05, 0.1) is 18.1 Å². The van der Waals surface area contributed by atoms with Crippen LogP contribution in [0.3, 0.4) is 0 Å². The van der Waals surface area contributed by atoms with Gasteiger partial charge in [0, 0.05) is 31.7 Å². The van der Waals surface area contributed by atoms with Gasteiger partial charge in [-0.15, -0.1) is 0 Å². The molecule has 8 heteroatoms. The second-order valence-corrected chi connectivity index (χ2v) is 8.69. The van der Waals surface area contributed by atoms with E-state index >= 15 is 0 Å². The number of amides is 2. The van der Waals surface area contributed by atoms with E-state index in [1.165, 1.54) is 0 Å². The van der Waals surface area contributed by atoms with Crippen LogP contribution in [0.5, 0.6) is 0 Å². The van der Waals surface area contributed by atoms with Crippen LogP contribution in [0.15, 0.2) is 30.7 Å². The van der Waals surface area contributed by atoms with Gasteiger partial charge in [0.2, 0.25) is 11.9 Å². The van der Waals surface area contributed by atoms with E-state index in [0.29, 0.717) is 35.7 Å². The van der Waals surface area contributed by atoms with Crippen LogP contribution in [0, 0.1) is 11.8 Å². The van der Waals surface area contributed by atoms with Crippen LogP contribution < -0.4 is 15.5 Å². The number of pyridine rings is 1. The standard InChI is InChI=1S/C23H32N6O2/c1-15(2)18-5-6-20(24-12-18)22(31)25-11-17-7-9-29(10-8-17)23-26-13-19(14-27-23)28-21(30)16(3)4/h5-6,12-17H,7-11H2,1-4H3,(H,25,31)(H,28,30). The first kappa shape index (κ1) is 22.7. The summed E-state index contributed by atoms with van der Waals surface area (Å²) < 4.78 is 0. The molecule has 0 spiro atoms. The Balaban J connectivity index is 1.44. The van der Waals surface area contributed by atoms with E-state index in [1.54, 1.807) is 24.7 Å². The van der Waals surface area contributed by atoms with E-state index in [9.17, 15) is 9.59 Å². The lowest BCUT2D eigenvalue weighted by Gasteiger charge is -2.32. The van der Waals surface area contributed by atoms with Crippen molar-refractivity contribution in [3.63, 3.8) is 0 Å². The van der Waals surface area contributed by atoms with Crippen LogP contribution in [-0.4, -0.2) is 46.4 Å². The number of carbonyl (C=O) groups is 2. The summed E-state index contributed by atoms with van der Waals surface area (Å²) in [5, 5.41) is 5.82. The monoisotopic (exact) mass is 424 g/mol. The van der Waals surface area contributed by atoms with Gasteiger partial charge in [-0.05, 0) is 36.3 Å². The second kappa shape index (κ2) is 10.3. The van der Waals surface area contributed by atoms with E-state index in [2.05, 4.69) is 44.3 Å². The summed E-state index contributed by atoms with van der Waals surface area (Å²) in [4.78, 5) is 39.4. The first-order valence-corrected chi connectivity index (χ1v) is 11.0.